The highest BCUT2D eigenvalue weighted by Gasteiger charge is 2.16. The van der Waals surface area contributed by atoms with Crippen LogP contribution < -0.4 is 10.9 Å². The Morgan fingerprint density at radius 2 is 1.77 bits per heavy atom. The van der Waals surface area contributed by atoms with E-state index in [9.17, 15) is 9.59 Å². The maximum atomic E-state index is 12.3. The summed E-state index contributed by atoms with van der Waals surface area (Å²) in [7, 11) is 0. The van der Waals surface area contributed by atoms with Crippen LogP contribution in [0.5, 0.6) is 0 Å². The second kappa shape index (κ2) is 7.59. The molecule has 1 heterocycles. The Hall–Kier alpha value is -2.36. The maximum Gasteiger partial charge on any atom is 0.250 e. The van der Waals surface area contributed by atoms with Crippen LogP contribution in [0.1, 0.15) is 31.9 Å². The molecule has 0 aliphatic heterocycles. The number of hydrogen-bond donors (Lipinski definition) is 1. The van der Waals surface area contributed by atoms with Gasteiger partial charge in [-0.2, -0.15) is 0 Å². The van der Waals surface area contributed by atoms with Crippen LogP contribution in [0.15, 0.2) is 59.5 Å². The first-order chi connectivity index (χ1) is 10.6. The van der Waals surface area contributed by atoms with Crippen LogP contribution in [0, 0.1) is 5.92 Å². The third-order valence-corrected chi connectivity index (χ3v) is 3.46. The summed E-state index contributed by atoms with van der Waals surface area (Å²) < 4.78 is 1.41. The highest BCUT2D eigenvalue weighted by atomic mass is 16.2. The number of hydrogen-bond acceptors (Lipinski definition) is 2. The molecule has 1 aromatic carbocycles. The van der Waals surface area contributed by atoms with Crippen LogP contribution in [0.3, 0.4) is 0 Å². The van der Waals surface area contributed by atoms with Gasteiger partial charge >= 0.3 is 0 Å². The van der Waals surface area contributed by atoms with Crippen LogP contribution in [0.4, 0.5) is 0 Å². The number of pyridine rings is 1. The topological polar surface area (TPSA) is 51.1 Å². The van der Waals surface area contributed by atoms with Crippen LogP contribution in [0.2, 0.25) is 0 Å². The molecule has 0 radical (unpaired) electrons. The summed E-state index contributed by atoms with van der Waals surface area (Å²) in [5.41, 5.74) is 0.919. The Morgan fingerprint density at radius 3 is 2.41 bits per heavy atom. The van der Waals surface area contributed by atoms with Crippen molar-refractivity contribution in [3.05, 3.63) is 70.6 Å². The zero-order chi connectivity index (χ0) is 15.9. The number of amides is 1. The van der Waals surface area contributed by atoms with Gasteiger partial charge < -0.3 is 9.88 Å². The molecule has 4 heteroatoms. The molecule has 0 spiro atoms. The number of benzene rings is 1. The molecule has 22 heavy (non-hydrogen) atoms. The fraction of sp³-hybridized carbons (Fsp3) is 0.333. The first kappa shape index (κ1) is 16.0. The third kappa shape index (κ3) is 4.58. The summed E-state index contributed by atoms with van der Waals surface area (Å²) in [6.07, 6.45) is 2.49. The largest absolute Gasteiger partial charge is 0.348 e. The molecule has 2 aromatic rings. The average molecular weight is 298 g/mol. The number of nitrogens with zero attached hydrogens (tertiary/aromatic N) is 1. The third-order valence-electron chi connectivity index (χ3n) is 3.46. The number of nitrogens with one attached hydrogen (secondary N) is 1. The second-order valence-electron chi connectivity index (χ2n) is 5.83. The first-order valence-electron chi connectivity index (χ1n) is 7.56. The van der Waals surface area contributed by atoms with Gasteiger partial charge in [0.25, 0.3) is 5.56 Å². The van der Waals surface area contributed by atoms with Crippen LogP contribution in [-0.4, -0.2) is 10.5 Å². The molecule has 1 unspecified atom stereocenters. The molecule has 0 aliphatic carbocycles. The zero-order valence-corrected chi connectivity index (χ0v) is 13.0. The molecular formula is C18H22N2O2. The fourth-order valence-corrected chi connectivity index (χ4v) is 2.42. The summed E-state index contributed by atoms with van der Waals surface area (Å²) in [5.74, 6) is 0.313. The lowest BCUT2D eigenvalue weighted by atomic mass is 9.97. The highest BCUT2D eigenvalue weighted by Crippen LogP contribution is 2.20. The maximum absolute atomic E-state index is 12.3. The predicted octanol–water partition coefficient (Wildman–Crippen LogP) is 2.75. The van der Waals surface area contributed by atoms with Gasteiger partial charge in [-0.25, -0.2) is 0 Å². The molecule has 1 N–H and O–H groups in total. The Balaban J connectivity index is 2.08. The van der Waals surface area contributed by atoms with E-state index in [0.29, 0.717) is 5.92 Å². The van der Waals surface area contributed by atoms with Gasteiger partial charge in [-0.3, -0.25) is 9.59 Å². The molecule has 0 bridgehead atoms. The van der Waals surface area contributed by atoms with E-state index in [0.717, 1.165) is 12.0 Å². The van der Waals surface area contributed by atoms with E-state index < -0.39 is 0 Å². The van der Waals surface area contributed by atoms with Crippen molar-refractivity contribution in [2.45, 2.75) is 32.9 Å². The molecule has 1 atom stereocenters. The van der Waals surface area contributed by atoms with Crippen molar-refractivity contribution in [3.8, 4) is 0 Å². The van der Waals surface area contributed by atoms with E-state index in [-0.39, 0.29) is 24.1 Å². The van der Waals surface area contributed by atoms with Gasteiger partial charge in [0.2, 0.25) is 5.91 Å². The Bertz CT molecular complexity index is 662. The monoisotopic (exact) mass is 298 g/mol. The summed E-state index contributed by atoms with van der Waals surface area (Å²) in [6.45, 7) is 4.30. The van der Waals surface area contributed by atoms with E-state index in [1.807, 2.05) is 30.3 Å². The zero-order valence-electron chi connectivity index (χ0n) is 13.0. The number of aromatic nitrogens is 1. The van der Waals surface area contributed by atoms with Crippen molar-refractivity contribution < 1.29 is 4.79 Å². The lowest BCUT2D eigenvalue weighted by Gasteiger charge is -2.21. The molecule has 4 nitrogen and oxygen atoms in total. The van der Waals surface area contributed by atoms with Crippen LogP contribution in [0.25, 0.3) is 0 Å². The smallest absolute Gasteiger partial charge is 0.250 e. The lowest BCUT2D eigenvalue weighted by Crippen LogP contribution is -2.34. The quantitative estimate of drug-likeness (QED) is 0.891. The molecule has 1 amide bonds. The first-order valence-corrected chi connectivity index (χ1v) is 7.56. The van der Waals surface area contributed by atoms with Gasteiger partial charge in [-0.1, -0.05) is 50.2 Å². The Kier molecular flexibility index (Phi) is 5.53. The van der Waals surface area contributed by atoms with Gasteiger partial charge in [0.1, 0.15) is 6.54 Å². The number of carbonyl (C=O) groups excluding carboxylic acids is 1. The minimum absolute atomic E-state index is 0.0342. The van der Waals surface area contributed by atoms with Crippen molar-refractivity contribution in [1.29, 1.82) is 0 Å². The summed E-state index contributed by atoms with van der Waals surface area (Å²) in [6, 6.07) is 14.8. The molecule has 116 valence electrons. The Labute approximate surface area is 130 Å². The van der Waals surface area contributed by atoms with E-state index in [4.69, 9.17) is 0 Å². The average Bonchev–Trinajstić information content (AvgIpc) is 2.49. The number of carbonyl (C=O) groups is 1. The normalized spacial score (nSPS) is 12.1. The second-order valence-corrected chi connectivity index (χ2v) is 5.83. The molecule has 1 aromatic heterocycles. The van der Waals surface area contributed by atoms with Crippen molar-refractivity contribution in [2.75, 3.05) is 0 Å². The van der Waals surface area contributed by atoms with E-state index in [2.05, 4.69) is 19.2 Å². The van der Waals surface area contributed by atoms with E-state index in [1.54, 1.807) is 18.3 Å². The van der Waals surface area contributed by atoms with Crippen molar-refractivity contribution >= 4 is 5.91 Å². The van der Waals surface area contributed by atoms with Crippen molar-refractivity contribution in [2.24, 2.45) is 5.92 Å². The number of rotatable bonds is 6. The Morgan fingerprint density at radius 1 is 1.09 bits per heavy atom. The van der Waals surface area contributed by atoms with Crippen LogP contribution >= 0.6 is 0 Å². The SMILES string of the molecule is CC(C)CC(NC(=O)Cn1ccccc1=O)c1ccccc1. The van der Waals surface area contributed by atoms with Gasteiger partial charge in [-0.05, 0) is 24.0 Å². The molecular weight excluding hydrogens is 276 g/mol. The van der Waals surface area contributed by atoms with Gasteiger partial charge in [0.05, 0.1) is 6.04 Å². The van der Waals surface area contributed by atoms with Gasteiger partial charge in [-0.15, -0.1) is 0 Å². The molecule has 0 saturated carbocycles. The van der Waals surface area contributed by atoms with E-state index in [1.165, 1.54) is 10.6 Å². The summed E-state index contributed by atoms with van der Waals surface area (Å²) in [5, 5.41) is 3.04. The molecule has 0 fully saturated rings. The summed E-state index contributed by atoms with van der Waals surface area (Å²) in [4.78, 5) is 23.9. The highest BCUT2D eigenvalue weighted by molar-refractivity contribution is 5.76. The summed E-state index contributed by atoms with van der Waals surface area (Å²) >= 11 is 0. The molecule has 0 saturated heterocycles. The fourth-order valence-electron chi connectivity index (χ4n) is 2.42. The molecule has 2 rings (SSSR count). The molecule has 0 aliphatic rings. The van der Waals surface area contributed by atoms with Crippen molar-refractivity contribution in [3.63, 3.8) is 0 Å². The predicted molar refractivity (Wildman–Crippen MR) is 87.5 cm³/mol. The van der Waals surface area contributed by atoms with E-state index >= 15 is 0 Å². The van der Waals surface area contributed by atoms with Gasteiger partial charge in [0.15, 0.2) is 0 Å². The van der Waals surface area contributed by atoms with Crippen LogP contribution in [-0.2, 0) is 11.3 Å². The minimum atomic E-state index is -0.169. The van der Waals surface area contributed by atoms with Crippen molar-refractivity contribution in [1.82, 2.24) is 9.88 Å². The minimum Gasteiger partial charge on any atom is -0.348 e. The van der Waals surface area contributed by atoms with Gasteiger partial charge in [0, 0.05) is 12.3 Å². The standard InChI is InChI=1S/C18H22N2O2/c1-14(2)12-16(15-8-4-3-5-9-15)19-17(21)13-20-11-7-6-10-18(20)22/h3-11,14,16H,12-13H2,1-2H3,(H,19,21). The lowest BCUT2D eigenvalue weighted by molar-refractivity contribution is -0.122.